The highest BCUT2D eigenvalue weighted by molar-refractivity contribution is 7.13. The number of carbonyl (C=O) groups is 1. The van der Waals surface area contributed by atoms with Gasteiger partial charge in [-0.2, -0.15) is 5.10 Å². The number of methoxy groups -OCH3 is 1. The number of nitrogens with zero attached hydrogens (tertiary/aromatic N) is 3. The van der Waals surface area contributed by atoms with Gasteiger partial charge >= 0.3 is 6.09 Å². The molecule has 0 unspecified atom stereocenters. The lowest BCUT2D eigenvalue weighted by Crippen LogP contribution is -2.10. The van der Waals surface area contributed by atoms with Crippen LogP contribution < -0.4 is 10.1 Å². The summed E-state index contributed by atoms with van der Waals surface area (Å²) >= 11 is 1.56. The largest absolute Gasteiger partial charge is 0.487 e. The summed E-state index contributed by atoms with van der Waals surface area (Å²) in [5.74, 6) is 0.696. The van der Waals surface area contributed by atoms with Crippen LogP contribution in [0.1, 0.15) is 5.69 Å². The molecule has 1 amide bonds. The second kappa shape index (κ2) is 7.14. The highest BCUT2D eigenvalue weighted by atomic mass is 32.1. The minimum absolute atomic E-state index is 0.376. The maximum absolute atomic E-state index is 11.1. The van der Waals surface area contributed by atoms with Crippen LogP contribution >= 0.6 is 11.3 Å². The molecule has 0 aliphatic heterocycles. The smallest absolute Gasteiger partial charge is 0.411 e. The second-order valence-electron chi connectivity index (χ2n) is 4.98. The zero-order valence-electron chi connectivity index (χ0n) is 13.2. The molecule has 0 radical (unpaired) electrons. The molecule has 0 aliphatic rings. The first-order valence-electron chi connectivity index (χ1n) is 7.15. The standard InChI is InChI=1S/C16H16N4O3S/c1-20-8-11(7-17-20)15-18-13(10-24-15)9-23-14-5-3-12(4-6-14)19-16(21)22-2/h3-8,10H,9H2,1-2H3,(H,19,21). The summed E-state index contributed by atoms with van der Waals surface area (Å²) in [7, 11) is 3.19. The monoisotopic (exact) mass is 344 g/mol. The number of hydrogen-bond donors (Lipinski definition) is 1. The van der Waals surface area contributed by atoms with Crippen molar-refractivity contribution in [2.24, 2.45) is 7.05 Å². The third-order valence-corrected chi connectivity index (χ3v) is 4.12. The van der Waals surface area contributed by atoms with Crippen molar-refractivity contribution in [1.29, 1.82) is 0 Å². The number of nitrogens with one attached hydrogen (secondary N) is 1. The molecule has 3 aromatic rings. The number of benzene rings is 1. The van der Waals surface area contributed by atoms with Crippen LogP contribution in [0.25, 0.3) is 10.6 Å². The van der Waals surface area contributed by atoms with Crippen LogP contribution in [0.15, 0.2) is 42.0 Å². The van der Waals surface area contributed by atoms with Gasteiger partial charge in [0.25, 0.3) is 0 Å². The number of anilines is 1. The van der Waals surface area contributed by atoms with Crippen molar-refractivity contribution in [2.75, 3.05) is 12.4 Å². The number of hydrogen-bond acceptors (Lipinski definition) is 6. The molecule has 2 aromatic heterocycles. The lowest BCUT2D eigenvalue weighted by atomic mass is 10.3. The second-order valence-corrected chi connectivity index (χ2v) is 5.83. The molecule has 0 atom stereocenters. The summed E-state index contributed by atoms with van der Waals surface area (Å²) < 4.78 is 12.0. The van der Waals surface area contributed by atoms with Crippen molar-refractivity contribution in [1.82, 2.24) is 14.8 Å². The maximum atomic E-state index is 11.1. The minimum atomic E-state index is -0.505. The Bertz CT molecular complexity index is 826. The van der Waals surface area contributed by atoms with Crippen LogP contribution in [0, 0.1) is 0 Å². The van der Waals surface area contributed by atoms with E-state index in [1.807, 2.05) is 18.6 Å². The van der Waals surface area contributed by atoms with Crippen LogP contribution in [-0.2, 0) is 18.4 Å². The SMILES string of the molecule is COC(=O)Nc1ccc(OCc2csc(-c3cnn(C)c3)n2)cc1. The number of aryl methyl sites for hydroxylation is 1. The molecule has 0 saturated heterocycles. The summed E-state index contributed by atoms with van der Waals surface area (Å²) in [4.78, 5) is 15.7. The molecule has 0 aliphatic carbocycles. The molecular weight excluding hydrogens is 328 g/mol. The number of ether oxygens (including phenoxy) is 2. The molecule has 24 heavy (non-hydrogen) atoms. The van der Waals surface area contributed by atoms with Gasteiger partial charge in [-0.25, -0.2) is 9.78 Å². The Hall–Kier alpha value is -2.87. The first-order chi connectivity index (χ1) is 11.6. The van der Waals surface area contributed by atoms with E-state index in [1.54, 1.807) is 46.5 Å². The van der Waals surface area contributed by atoms with Gasteiger partial charge in [-0.05, 0) is 24.3 Å². The summed E-state index contributed by atoms with van der Waals surface area (Å²) in [6, 6.07) is 7.04. The van der Waals surface area contributed by atoms with Crippen LogP contribution in [0.2, 0.25) is 0 Å². The predicted octanol–water partition coefficient (Wildman–Crippen LogP) is 3.30. The quantitative estimate of drug-likeness (QED) is 0.768. The van der Waals surface area contributed by atoms with Gasteiger partial charge in [-0.1, -0.05) is 0 Å². The summed E-state index contributed by atoms with van der Waals surface area (Å²) in [6.07, 6.45) is 3.21. The molecule has 3 rings (SSSR count). The first-order valence-corrected chi connectivity index (χ1v) is 8.03. The predicted molar refractivity (Wildman–Crippen MR) is 91.1 cm³/mol. The van der Waals surface area contributed by atoms with E-state index in [4.69, 9.17) is 4.74 Å². The Morgan fingerprint density at radius 2 is 2.12 bits per heavy atom. The normalized spacial score (nSPS) is 10.4. The number of rotatable bonds is 5. The summed E-state index contributed by atoms with van der Waals surface area (Å²) in [6.45, 7) is 0.376. The third kappa shape index (κ3) is 3.90. The number of thiazole rings is 1. The van der Waals surface area contributed by atoms with Crippen LogP contribution in [0.3, 0.4) is 0 Å². The number of aromatic nitrogens is 3. The Labute approximate surface area is 142 Å². The van der Waals surface area contributed by atoms with Gasteiger partial charge in [0.15, 0.2) is 0 Å². The molecule has 0 bridgehead atoms. The fourth-order valence-electron chi connectivity index (χ4n) is 2.00. The van der Waals surface area contributed by atoms with Gasteiger partial charge < -0.3 is 9.47 Å². The summed E-state index contributed by atoms with van der Waals surface area (Å²) in [5.41, 5.74) is 2.49. The van der Waals surface area contributed by atoms with Gasteiger partial charge in [0.1, 0.15) is 17.4 Å². The van der Waals surface area contributed by atoms with Crippen molar-refractivity contribution < 1.29 is 14.3 Å². The average molecular weight is 344 g/mol. The number of amides is 1. The molecule has 7 nitrogen and oxygen atoms in total. The van der Waals surface area contributed by atoms with Gasteiger partial charge in [-0.15, -0.1) is 11.3 Å². The molecule has 2 heterocycles. The van der Waals surface area contributed by atoms with Gasteiger partial charge in [0.05, 0.1) is 19.0 Å². The molecule has 124 valence electrons. The molecule has 1 N–H and O–H groups in total. The van der Waals surface area contributed by atoms with E-state index in [0.29, 0.717) is 18.0 Å². The highest BCUT2D eigenvalue weighted by Gasteiger charge is 2.07. The van der Waals surface area contributed by atoms with Crippen molar-refractivity contribution in [3.63, 3.8) is 0 Å². The average Bonchev–Trinajstić information content (AvgIpc) is 3.23. The van der Waals surface area contributed by atoms with E-state index in [2.05, 4.69) is 20.1 Å². The third-order valence-electron chi connectivity index (χ3n) is 3.18. The lowest BCUT2D eigenvalue weighted by Gasteiger charge is -2.06. The fraction of sp³-hybridized carbons (Fsp3) is 0.188. The molecular formula is C16H16N4O3S. The molecule has 0 spiro atoms. The molecule has 8 heteroatoms. The van der Waals surface area contributed by atoms with E-state index in [0.717, 1.165) is 16.3 Å². The zero-order chi connectivity index (χ0) is 16.9. The Morgan fingerprint density at radius 1 is 1.33 bits per heavy atom. The van der Waals surface area contributed by atoms with E-state index in [9.17, 15) is 4.79 Å². The maximum Gasteiger partial charge on any atom is 0.411 e. The number of carbonyl (C=O) groups excluding carboxylic acids is 1. The van der Waals surface area contributed by atoms with E-state index >= 15 is 0 Å². The van der Waals surface area contributed by atoms with Crippen molar-refractivity contribution in [3.8, 4) is 16.3 Å². The lowest BCUT2D eigenvalue weighted by molar-refractivity contribution is 0.187. The van der Waals surface area contributed by atoms with E-state index < -0.39 is 6.09 Å². The first kappa shape index (κ1) is 16.0. The topological polar surface area (TPSA) is 78.3 Å². The summed E-state index contributed by atoms with van der Waals surface area (Å²) in [5, 5.41) is 9.61. The van der Waals surface area contributed by atoms with Crippen molar-refractivity contribution >= 4 is 23.1 Å². The molecule has 0 saturated carbocycles. The van der Waals surface area contributed by atoms with Crippen molar-refractivity contribution in [2.45, 2.75) is 6.61 Å². The van der Waals surface area contributed by atoms with E-state index in [1.165, 1.54) is 7.11 Å². The van der Waals surface area contributed by atoms with Gasteiger partial charge in [0, 0.05) is 29.9 Å². The minimum Gasteiger partial charge on any atom is -0.487 e. The Kier molecular flexibility index (Phi) is 4.76. The fourth-order valence-corrected chi connectivity index (χ4v) is 2.78. The van der Waals surface area contributed by atoms with Crippen LogP contribution in [-0.4, -0.2) is 28.0 Å². The van der Waals surface area contributed by atoms with Crippen LogP contribution in [0.4, 0.5) is 10.5 Å². The van der Waals surface area contributed by atoms with Gasteiger partial charge in [-0.3, -0.25) is 10.00 Å². The van der Waals surface area contributed by atoms with E-state index in [-0.39, 0.29) is 0 Å². The molecule has 0 fully saturated rings. The van der Waals surface area contributed by atoms with Gasteiger partial charge in [0.2, 0.25) is 0 Å². The molecule has 1 aromatic carbocycles. The van der Waals surface area contributed by atoms with Crippen LogP contribution in [0.5, 0.6) is 5.75 Å². The zero-order valence-corrected chi connectivity index (χ0v) is 14.0. The van der Waals surface area contributed by atoms with Crippen molar-refractivity contribution in [3.05, 3.63) is 47.7 Å². The highest BCUT2D eigenvalue weighted by Crippen LogP contribution is 2.24. The Morgan fingerprint density at radius 3 is 2.79 bits per heavy atom. The Balaban J connectivity index is 1.58.